The zero-order valence-corrected chi connectivity index (χ0v) is 12.6. The van der Waals surface area contributed by atoms with Crippen molar-refractivity contribution in [3.05, 3.63) is 58.9 Å². The highest BCUT2D eigenvalue weighted by Gasteiger charge is 2.09. The van der Waals surface area contributed by atoms with Crippen LogP contribution in [0.15, 0.2) is 36.5 Å². The summed E-state index contributed by atoms with van der Waals surface area (Å²) in [7, 11) is 0. The van der Waals surface area contributed by atoms with Crippen LogP contribution < -0.4 is 10.1 Å². The number of hydrogen-bond donors (Lipinski definition) is 1. The van der Waals surface area contributed by atoms with Crippen LogP contribution in [0.3, 0.4) is 0 Å². The molecule has 2 aromatic rings. The van der Waals surface area contributed by atoms with Crippen molar-refractivity contribution < 1.29 is 9.53 Å². The fourth-order valence-electron chi connectivity index (χ4n) is 2.03. The molecule has 0 spiro atoms. The Kier molecular flexibility index (Phi) is 4.93. The van der Waals surface area contributed by atoms with Gasteiger partial charge in [-0.25, -0.2) is 0 Å². The molecule has 0 saturated carbocycles. The Hall–Kier alpha value is -2.36. The summed E-state index contributed by atoms with van der Waals surface area (Å²) in [5.74, 6) is 0.643. The Morgan fingerprint density at radius 2 is 1.90 bits per heavy atom. The van der Waals surface area contributed by atoms with Crippen LogP contribution in [0.2, 0.25) is 0 Å². The maximum absolute atomic E-state index is 11.8. The van der Waals surface area contributed by atoms with E-state index in [1.807, 2.05) is 45.0 Å². The highest BCUT2D eigenvalue weighted by molar-refractivity contribution is 5.77. The molecular formula is C17H20N2O2. The number of nitrogens with one attached hydrogen (secondary N) is 1. The molecule has 1 amide bonds. The zero-order chi connectivity index (χ0) is 15.2. The highest BCUT2D eigenvalue weighted by atomic mass is 16.5. The third kappa shape index (κ3) is 4.05. The van der Waals surface area contributed by atoms with E-state index in [1.165, 1.54) is 0 Å². The van der Waals surface area contributed by atoms with Crippen LogP contribution in [0, 0.1) is 20.8 Å². The fraction of sp³-hybridized carbons (Fsp3) is 0.294. The number of pyridine rings is 1. The number of benzene rings is 1. The fourth-order valence-corrected chi connectivity index (χ4v) is 2.03. The molecule has 21 heavy (non-hydrogen) atoms. The summed E-state index contributed by atoms with van der Waals surface area (Å²) in [6.07, 6.45) is 1.71. The molecule has 0 aliphatic rings. The standard InChI is InChI=1S/C17H20N2O2/c1-12-7-8-13(2)17(14(12)3)21-11-16(20)19-10-15-6-4-5-9-18-15/h4-9H,10-11H2,1-3H3,(H,19,20). The van der Waals surface area contributed by atoms with E-state index in [-0.39, 0.29) is 12.5 Å². The minimum Gasteiger partial charge on any atom is -0.483 e. The lowest BCUT2D eigenvalue weighted by Crippen LogP contribution is -2.29. The van der Waals surface area contributed by atoms with Gasteiger partial charge >= 0.3 is 0 Å². The molecule has 110 valence electrons. The van der Waals surface area contributed by atoms with Crippen LogP contribution in [0.1, 0.15) is 22.4 Å². The molecule has 0 bridgehead atoms. The number of nitrogens with zero attached hydrogens (tertiary/aromatic N) is 1. The number of carbonyl (C=O) groups excluding carboxylic acids is 1. The van der Waals surface area contributed by atoms with Crippen molar-refractivity contribution in [2.45, 2.75) is 27.3 Å². The first-order valence-corrected chi connectivity index (χ1v) is 6.94. The maximum Gasteiger partial charge on any atom is 0.258 e. The Morgan fingerprint density at radius 1 is 1.14 bits per heavy atom. The summed E-state index contributed by atoms with van der Waals surface area (Å²) in [6, 6.07) is 9.67. The molecule has 0 unspecified atom stereocenters. The van der Waals surface area contributed by atoms with Gasteiger partial charge in [0.1, 0.15) is 5.75 Å². The molecule has 1 heterocycles. The predicted molar refractivity (Wildman–Crippen MR) is 82.2 cm³/mol. The van der Waals surface area contributed by atoms with Gasteiger partial charge in [-0.1, -0.05) is 18.2 Å². The lowest BCUT2D eigenvalue weighted by molar-refractivity contribution is -0.123. The first kappa shape index (κ1) is 15.0. The van der Waals surface area contributed by atoms with Gasteiger partial charge in [-0.15, -0.1) is 0 Å². The number of ether oxygens (including phenoxy) is 1. The third-order valence-electron chi connectivity index (χ3n) is 3.41. The summed E-state index contributed by atoms with van der Waals surface area (Å²) >= 11 is 0. The summed E-state index contributed by atoms with van der Waals surface area (Å²) in [6.45, 7) is 6.44. The van der Waals surface area contributed by atoms with Gasteiger partial charge in [0.05, 0.1) is 12.2 Å². The van der Waals surface area contributed by atoms with Gasteiger partial charge in [0.25, 0.3) is 5.91 Å². The van der Waals surface area contributed by atoms with E-state index in [2.05, 4.69) is 16.4 Å². The van der Waals surface area contributed by atoms with Gasteiger partial charge in [-0.2, -0.15) is 0 Å². The molecule has 4 heteroatoms. The number of amides is 1. The second-order valence-electron chi connectivity index (χ2n) is 5.04. The number of aryl methyl sites for hydroxylation is 2. The third-order valence-corrected chi connectivity index (χ3v) is 3.41. The monoisotopic (exact) mass is 284 g/mol. The van der Waals surface area contributed by atoms with Crippen LogP contribution in [0.4, 0.5) is 0 Å². The van der Waals surface area contributed by atoms with Crippen LogP contribution in [0.5, 0.6) is 5.75 Å². The second kappa shape index (κ2) is 6.88. The molecule has 0 aliphatic heterocycles. The van der Waals surface area contributed by atoms with Crippen molar-refractivity contribution in [2.24, 2.45) is 0 Å². The molecule has 0 radical (unpaired) electrons. The largest absolute Gasteiger partial charge is 0.483 e. The maximum atomic E-state index is 11.8. The lowest BCUT2D eigenvalue weighted by atomic mass is 10.1. The molecule has 0 saturated heterocycles. The molecule has 0 fully saturated rings. The van der Waals surface area contributed by atoms with Crippen molar-refractivity contribution in [1.82, 2.24) is 10.3 Å². The van der Waals surface area contributed by atoms with E-state index in [4.69, 9.17) is 4.74 Å². The van der Waals surface area contributed by atoms with E-state index in [1.54, 1.807) is 6.20 Å². The van der Waals surface area contributed by atoms with Gasteiger partial charge in [-0.05, 0) is 49.6 Å². The van der Waals surface area contributed by atoms with Gasteiger partial charge in [-0.3, -0.25) is 9.78 Å². The van der Waals surface area contributed by atoms with E-state index in [9.17, 15) is 4.79 Å². The minimum absolute atomic E-state index is 0.0119. The smallest absolute Gasteiger partial charge is 0.258 e. The topological polar surface area (TPSA) is 51.2 Å². The Balaban J connectivity index is 1.89. The van der Waals surface area contributed by atoms with Crippen LogP contribution in [0.25, 0.3) is 0 Å². The lowest BCUT2D eigenvalue weighted by Gasteiger charge is -2.13. The van der Waals surface area contributed by atoms with Crippen LogP contribution in [-0.2, 0) is 11.3 Å². The number of hydrogen-bond acceptors (Lipinski definition) is 3. The van der Waals surface area contributed by atoms with Gasteiger partial charge in [0.2, 0.25) is 0 Å². The normalized spacial score (nSPS) is 10.2. The zero-order valence-electron chi connectivity index (χ0n) is 12.6. The van der Waals surface area contributed by atoms with Crippen molar-refractivity contribution >= 4 is 5.91 Å². The molecule has 1 aromatic carbocycles. The average Bonchev–Trinajstić information content (AvgIpc) is 2.50. The SMILES string of the molecule is Cc1ccc(C)c(OCC(=O)NCc2ccccn2)c1C. The summed E-state index contributed by atoms with van der Waals surface area (Å²) in [5, 5.41) is 2.80. The molecular weight excluding hydrogens is 264 g/mol. The van der Waals surface area contributed by atoms with Crippen molar-refractivity contribution in [2.75, 3.05) is 6.61 Å². The highest BCUT2D eigenvalue weighted by Crippen LogP contribution is 2.25. The molecule has 1 aromatic heterocycles. The molecule has 0 aliphatic carbocycles. The van der Waals surface area contributed by atoms with E-state index in [0.717, 1.165) is 28.1 Å². The minimum atomic E-state index is -0.152. The molecule has 2 rings (SSSR count). The molecule has 1 N–H and O–H groups in total. The van der Waals surface area contributed by atoms with Crippen molar-refractivity contribution in [3.63, 3.8) is 0 Å². The van der Waals surface area contributed by atoms with Crippen LogP contribution >= 0.6 is 0 Å². The Bertz CT molecular complexity index is 624. The number of rotatable bonds is 5. The summed E-state index contributed by atoms with van der Waals surface area (Å²) in [5.41, 5.74) is 4.10. The number of carbonyl (C=O) groups is 1. The predicted octanol–water partition coefficient (Wildman–Crippen LogP) is 2.70. The average molecular weight is 284 g/mol. The second-order valence-corrected chi connectivity index (χ2v) is 5.04. The van der Waals surface area contributed by atoms with Crippen LogP contribution in [-0.4, -0.2) is 17.5 Å². The molecule has 4 nitrogen and oxygen atoms in total. The van der Waals surface area contributed by atoms with Gasteiger partial charge in [0, 0.05) is 6.20 Å². The van der Waals surface area contributed by atoms with Crippen molar-refractivity contribution in [3.8, 4) is 5.75 Å². The summed E-state index contributed by atoms with van der Waals surface area (Å²) < 4.78 is 5.67. The summed E-state index contributed by atoms with van der Waals surface area (Å²) in [4.78, 5) is 16.0. The van der Waals surface area contributed by atoms with E-state index in [0.29, 0.717) is 6.54 Å². The Morgan fingerprint density at radius 3 is 2.62 bits per heavy atom. The van der Waals surface area contributed by atoms with Crippen molar-refractivity contribution in [1.29, 1.82) is 0 Å². The van der Waals surface area contributed by atoms with E-state index >= 15 is 0 Å². The first-order chi connectivity index (χ1) is 10.1. The number of aromatic nitrogens is 1. The molecule has 0 atom stereocenters. The Labute approximate surface area is 125 Å². The van der Waals surface area contributed by atoms with E-state index < -0.39 is 0 Å². The van der Waals surface area contributed by atoms with Gasteiger partial charge < -0.3 is 10.1 Å². The van der Waals surface area contributed by atoms with Gasteiger partial charge in [0.15, 0.2) is 6.61 Å². The first-order valence-electron chi connectivity index (χ1n) is 6.94. The quantitative estimate of drug-likeness (QED) is 0.918.